The highest BCUT2D eigenvalue weighted by Crippen LogP contribution is 2.26. The van der Waals surface area contributed by atoms with Gasteiger partial charge in [-0.05, 0) is 41.1 Å². The van der Waals surface area contributed by atoms with E-state index in [2.05, 4.69) is 32.3 Å². The van der Waals surface area contributed by atoms with Crippen LogP contribution in [0, 0.1) is 11.3 Å². The van der Waals surface area contributed by atoms with Gasteiger partial charge in [-0.25, -0.2) is 4.98 Å². The molecule has 0 radical (unpaired) electrons. The maximum absolute atomic E-state index is 8.82. The largest absolute Gasteiger partial charge is 0.374 e. The molecular weight excluding hydrogens is 292 g/mol. The van der Waals surface area contributed by atoms with E-state index < -0.39 is 0 Å². The first-order valence-electron chi connectivity index (χ1n) is 5.55. The van der Waals surface area contributed by atoms with Crippen molar-refractivity contribution in [2.45, 2.75) is 13.0 Å². The molecule has 0 fully saturated rings. The van der Waals surface area contributed by atoms with Gasteiger partial charge < -0.3 is 9.88 Å². The SMILES string of the molecule is CC(Nc1ccc(C#N)cc1Br)c1nccn1C. The van der Waals surface area contributed by atoms with Crippen LogP contribution in [0.2, 0.25) is 0 Å². The standard InChI is InChI=1S/C13H13BrN4/c1-9(13-16-5-6-18(13)2)17-12-4-3-10(8-15)7-11(12)14/h3-7,9,17H,1-2H3. The van der Waals surface area contributed by atoms with E-state index in [9.17, 15) is 0 Å². The van der Waals surface area contributed by atoms with E-state index >= 15 is 0 Å². The number of hydrogen-bond acceptors (Lipinski definition) is 3. The average Bonchev–Trinajstić information content (AvgIpc) is 2.78. The van der Waals surface area contributed by atoms with Crippen molar-refractivity contribution in [1.82, 2.24) is 9.55 Å². The van der Waals surface area contributed by atoms with Crippen LogP contribution < -0.4 is 5.32 Å². The summed E-state index contributed by atoms with van der Waals surface area (Å²) in [6.45, 7) is 2.05. The third kappa shape index (κ3) is 2.54. The molecule has 1 aromatic carbocycles. The average molecular weight is 305 g/mol. The lowest BCUT2D eigenvalue weighted by atomic mass is 10.2. The molecule has 2 aromatic rings. The third-order valence-corrected chi connectivity index (χ3v) is 3.37. The number of halogens is 1. The van der Waals surface area contributed by atoms with Crippen molar-refractivity contribution in [3.8, 4) is 6.07 Å². The minimum atomic E-state index is 0.0919. The summed E-state index contributed by atoms with van der Waals surface area (Å²) >= 11 is 3.46. The van der Waals surface area contributed by atoms with Gasteiger partial charge in [0, 0.05) is 29.6 Å². The predicted molar refractivity (Wildman–Crippen MR) is 74.1 cm³/mol. The van der Waals surface area contributed by atoms with Gasteiger partial charge in [0.2, 0.25) is 0 Å². The highest BCUT2D eigenvalue weighted by molar-refractivity contribution is 9.10. The highest BCUT2D eigenvalue weighted by atomic mass is 79.9. The van der Waals surface area contributed by atoms with Crippen LogP contribution in [0.1, 0.15) is 24.4 Å². The third-order valence-electron chi connectivity index (χ3n) is 2.72. The number of benzene rings is 1. The second kappa shape index (κ2) is 5.23. The van der Waals surface area contributed by atoms with E-state index in [1.54, 1.807) is 18.3 Å². The smallest absolute Gasteiger partial charge is 0.130 e. The summed E-state index contributed by atoms with van der Waals surface area (Å²) in [4.78, 5) is 4.31. The van der Waals surface area contributed by atoms with Crippen molar-refractivity contribution in [2.75, 3.05) is 5.32 Å². The first kappa shape index (κ1) is 12.7. The quantitative estimate of drug-likeness (QED) is 0.947. The first-order chi connectivity index (χ1) is 8.61. The number of nitrogens with zero attached hydrogens (tertiary/aromatic N) is 3. The van der Waals surface area contributed by atoms with Gasteiger partial charge >= 0.3 is 0 Å². The molecule has 0 aliphatic carbocycles. The topological polar surface area (TPSA) is 53.6 Å². The highest BCUT2D eigenvalue weighted by Gasteiger charge is 2.11. The number of aryl methyl sites for hydroxylation is 1. The van der Waals surface area contributed by atoms with Crippen molar-refractivity contribution < 1.29 is 0 Å². The fourth-order valence-electron chi connectivity index (χ4n) is 1.79. The van der Waals surface area contributed by atoms with Gasteiger partial charge in [-0.3, -0.25) is 0 Å². The summed E-state index contributed by atoms with van der Waals surface area (Å²) in [6.07, 6.45) is 3.70. The lowest BCUT2D eigenvalue weighted by Gasteiger charge is -2.16. The minimum Gasteiger partial charge on any atom is -0.374 e. The number of nitriles is 1. The Kier molecular flexibility index (Phi) is 3.68. The lowest BCUT2D eigenvalue weighted by molar-refractivity contribution is 0.721. The molecule has 18 heavy (non-hydrogen) atoms. The molecule has 1 aromatic heterocycles. The van der Waals surface area contributed by atoms with Crippen molar-refractivity contribution in [1.29, 1.82) is 5.26 Å². The first-order valence-corrected chi connectivity index (χ1v) is 6.34. The molecule has 92 valence electrons. The second-order valence-corrected chi connectivity index (χ2v) is 4.92. The Morgan fingerprint density at radius 3 is 2.83 bits per heavy atom. The van der Waals surface area contributed by atoms with E-state index in [0.29, 0.717) is 5.56 Å². The molecule has 1 unspecified atom stereocenters. The predicted octanol–water partition coefficient (Wildman–Crippen LogP) is 3.23. The van der Waals surface area contributed by atoms with Crippen LogP contribution in [0.25, 0.3) is 0 Å². The van der Waals surface area contributed by atoms with Gasteiger partial charge in [-0.2, -0.15) is 5.26 Å². The number of aromatic nitrogens is 2. The van der Waals surface area contributed by atoms with Gasteiger partial charge in [-0.1, -0.05) is 0 Å². The van der Waals surface area contributed by atoms with Crippen LogP contribution in [0.3, 0.4) is 0 Å². The molecule has 1 N–H and O–H groups in total. The zero-order valence-corrected chi connectivity index (χ0v) is 11.8. The summed E-state index contributed by atoms with van der Waals surface area (Å²) in [6, 6.07) is 7.68. The van der Waals surface area contributed by atoms with E-state index in [4.69, 9.17) is 5.26 Å². The number of hydrogen-bond donors (Lipinski definition) is 1. The fourth-order valence-corrected chi connectivity index (χ4v) is 2.29. The molecule has 0 saturated carbocycles. The van der Waals surface area contributed by atoms with Crippen molar-refractivity contribution in [3.05, 3.63) is 46.5 Å². The number of imidazole rings is 1. The summed E-state index contributed by atoms with van der Waals surface area (Å²) in [5, 5.41) is 12.2. The van der Waals surface area contributed by atoms with Gasteiger partial charge in [0.1, 0.15) is 5.82 Å². The van der Waals surface area contributed by atoms with Crippen LogP contribution in [-0.2, 0) is 7.05 Å². The van der Waals surface area contributed by atoms with E-state index in [0.717, 1.165) is 16.0 Å². The lowest BCUT2D eigenvalue weighted by Crippen LogP contribution is -2.12. The Balaban J connectivity index is 2.20. The molecule has 2 rings (SSSR count). The Bertz CT molecular complexity index is 597. The van der Waals surface area contributed by atoms with Crippen LogP contribution in [0.5, 0.6) is 0 Å². The monoisotopic (exact) mass is 304 g/mol. The molecule has 0 aliphatic rings. The summed E-state index contributed by atoms with van der Waals surface area (Å²) in [7, 11) is 1.97. The molecule has 1 heterocycles. The van der Waals surface area contributed by atoms with Crippen LogP contribution in [0.15, 0.2) is 35.1 Å². The summed E-state index contributed by atoms with van der Waals surface area (Å²) < 4.78 is 2.86. The van der Waals surface area contributed by atoms with Crippen LogP contribution in [0.4, 0.5) is 5.69 Å². The van der Waals surface area contributed by atoms with Crippen LogP contribution in [-0.4, -0.2) is 9.55 Å². The minimum absolute atomic E-state index is 0.0919. The Morgan fingerprint density at radius 2 is 2.28 bits per heavy atom. The molecule has 5 heteroatoms. The second-order valence-electron chi connectivity index (χ2n) is 4.07. The van der Waals surface area contributed by atoms with Crippen molar-refractivity contribution >= 4 is 21.6 Å². The van der Waals surface area contributed by atoms with E-state index in [1.807, 2.05) is 30.8 Å². The van der Waals surface area contributed by atoms with Gasteiger partial charge in [0.25, 0.3) is 0 Å². The van der Waals surface area contributed by atoms with Crippen molar-refractivity contribution in [3.63, 3.8) is 0 Å². The number of rotatable bonds is 3. The fraction of sp³-hybridized carbons (Fsp3) is 0.231. The molecule has 4 nitrogen and oxygen atoms in total. The summed E-state index contributed by atoms with van der Waals surface area (Å²) in [5.41, 5.74) is 1.58. The number of anilines is 1. The molecule has 0 bridgehead atoms. The maximum Gasteiger partial charge on any atom is 0.130 e. The zero-order valence-electron chi connectivity index (χ0n) is 10.2. The van der Waals surface area contributed by atoms with Gasteiger partial charge in [0.05, 0.1) is 17.7 Å². The van der Waals surface area contributed by atoms with Gasteiger partial charge in [0.15, 0.2) is 0 Å². The Morgan fingerprint density at radius 1 is 1.50 bits per heavy atom. The molecule has 0 saturated heterocycles. The summed E-state index contributed by atoms with van der Waals surface area (Å²) in [5.74, 6) is 0.964. The Hall–Kier alpha value is -1.80. The van der Waals surface area contributed by atoms with Gasteiger partial charge in [-0.15, -0.1) is 0 Å². The van der Waals surface area contributed by atoms with Crippen molar-refractivity contribution in [2.24, 2.45) is 7.05 Å². The maximum atomic E-state index is 8.82. The normalized spacial score (nSPS) is 11.9. The number of nitrogens with one attached hydrogen (secondary N) is 1. The molecule has 0 spiro atoms. The van der Waals surface area contributed by atoms with E-state index in [-0.39, 0.29) is 6.04 Å². The molecule has 0 amide bonds. The van der Waals surface area contributed by atoms with E-state index in [1.165, 1.54) is 0 Å². The van der Waals surface area contributed by atoms with Crippen LogP contribution >= 0.6 is 15.9 Å². The molecule has 0 aliphatic heterocycles. The zero-order chi connectivity index (χ0) is 13.1. The molecule has 1 atom stereocenters. The Labute approximate surface area is 114 Å². The molecular formula is C13H13BrN4.